The van der Waals surface area contributed by atoms with Gasteiger partial charge in [-0.15, -0.1) is 0 Å². The Bertz CT molecular complexity index is 1260. The predicted molar refractivity (Wildman–Crippen MR) is 149 cm³/mol. The molecule has 0 amide bonds. The van der Waals surface area contributed by atoms with E-state index in [1.165, 1.54) is 13.1 Å². The normalized spacial score (nSPS) is 16.5. The second kappa shape index (κ2) is 12.9. The first kappa shape index (κ1) is 29.8. The van der Waals surface area contributed by atoms with Gasteiger partial charge in [-0.1, -0.05) is 33.3 Å². The number of nitrogens with zero attached hydrogens (tertiary/aromatic N) is 3. The molecule has 1 aliphatic rings. The molecular formula is C29H38ClF2N5O. The second-order valence-electron chi connectivity index (χ2n) is 10.1. The van der Waals surface area contributed by atoms with Crippen LogP contribution in [0.2, 0.25) is 5.28 Å². The highest BCUT2D eigenvalue weighted by atomic mass is 35.5. The van der Waals surface area contributed by atoms with E-state index in [0.29, 0.717) is 24.0 Å². The summed E-state index contributed by atoms with van der Waals surface area (Å²) >= 11 is 6.00. The number of alkyl halides is 1. The Hall–Kier alpha value is -2.71. The Morgan fingerprint density at radius 1 is 1.08 bits per heavy atom. The van der Waals surface area contributed by atoms with Crippen molar-refractivity contribution in [3.8, 4) is 0 Å². The lowest BCUT2D eigenvalue weighted by Crippen LogP contribution is -2.22. The Morgan fingerprint density at radius 3 is 2.39 bits per heavy atom. The third-order valence-electron chi connectivity index (χ3n) is 7.57. The molecule has 2 heterocycles. The second-order valence-corrected chi connectivity index (χ2v) is 10.4. The molecule has 206 valence electrons. The van der Waals surface area contributed by atoms with Crippen LogP contribution < -0.4 is 10.6 Å². The number of pyridine rings is 1. The number of aromatic nitrogens is 3. The number of fused-ring (bicyclic) bond motifs is 1. The first-order valence-electron chi connectivity index (χ1n) is 13.3. The van der Waals surface area contributed by atoms with E-state index in [1.807, 2.05) is 27.7 Å². The van der Waals surface area contributed by atoms with Crippen LogP contribution in [0.25, 0.3) is 5.57 Å². The van der Waals surface area contributed by atoms with Gasteiger partial charge in [0.25, 0.3) is 0 Å². The molecule has 2 aromatic rings. The summed E-state index contributed by atoms with van der Waals surface area (Å²) < 4.78 is 29.5. The zero-order valence-corrected chi connectivity index (χ0v) is 24.1. The van der Waals surface area contributed by atoms with E-state index in [9.17, 15) is 9.18 Å². The highest BCUT2D eigenvalue weighted by Gasteiger charge is 2.30. The first-order valence-corrected chi connectivity index (χ1v) is 13.7. The molecule has 9 heteroatoms. The van der Waals surface area contributed by atoms with Crippen LogP contribution in [0.15, 0.2) is 29.1 Å². The molecule has 0 saturated heterocycles. The summed E-state index contributed by atoms with van der Waals surface area (Å²) in [5.74, 6) is -0.0759. The maximum atomic E-state index is 16.1. The van der Waals surface area contributed by atoms with Crippen LogP contribution in [0.1, 0.15) is 84.4 Å². The highest BCUT2D eigenvalue weighted by Crippen LogP contribution is 2.41. The monoisotopic (exact) mass is 545 g/mol. The number of hydrogen-bond donors (Lipinski definition) is 2. The van der Waals surface area contributed by atoms with Crippen molar-refractivity contribution in [2.75, 3.05) is 5.32 Å². The minimum absolute atomic E-state index is 0.0221. The molecule has 3 atom stereocenters. The van der Waals surface area contributed by atoms with Crippen molar-refractivity contribution < 1.29 is 13.6 Å². The number of aryl methyl sites for hydroxylation is 1. The van der Waals surface area contributed by atoms with Crippen LogP contribution in [-0.4, -0.2) is 27.0 Å². The van der Waals surface area contributed by atoms with Crippen molar-refractivity contribution in [3.63, 3.8) is 0 Å². The van der Waals surface area contributed by atoms with E-state index in [-0.39, 0.29) is 41.1 Å². The summed E-state index contributed by atoms with van der Waals surface area (Å²) in [6.45, 7) is 13.6. The summed E-state index contributed by atoms with van der Waals surface area (Å²) in [5, 5.41) is 5.56. The van der Waals surface area contributed by atoms with E-state index in [1.54, 1.807) is 6.20 Å². The molecule has 3 rings (SSSR count). The molecule has 1 aliphatic carbocycles. The molecule has 0 spiro atoms. The number of carbonyl (C=O) groups is 1. The van der Waals surface area contributed by atoms with Crippen LogP contribution in [-0.2, 0) is 17.8 Å². The zero-order valence-electron chi connectivity index (χ0n) is 23.3. The summed E-state index contributed by atoms with van der Waals surface area (Å²) in [6, 6.07) is 0. The van der Waals surface area contributed by atoms with Crippen molar-refractivity contribution in [1.82, 2.24) is 20.3 Å². The van der Waals surface area contributed by atoms with Crippen molar-refractivity contribution in [1.29, 1.82) is 0 Å². The average Bonchev–Trinajstić information content (AvgIpc) is 2.89. The molecule has 0 aliphatic heterocycles. The van der Waals surface area contributed by atoms with E-state index in [4.69, 9.17) is 11.6 Å². The van der Waals surface area contributed by atoms with Gasteiger partial charge < -0.3 is 5.32 Å². The van der Waals surface area contributed by atoms with E-state index in [2.05, 4.69) is 39.4 Å². The van der Waals surface area contributed by atoms with Gasteiger partial charge in [-0.05, 0) is 80.7 Å². The van der Waals surface area contributed by atoms with Crippen LogP contribution in [0, 0.1) is 17.7 Å². The number of rotatable bonds is 11. The Balaban J connectivity index is 2.12. The molecule has 38 heavy (non-hydrogen) atoms. The Kier molecular flexibility index (Phi) is 10.1. The zero-order chi connectivity index (χ0) is 28.1. The SMILES string of the molecule is CCC(C)C(=O)/C(C1=C(C)c2c(cnc(Nc3nc(Cl)ncc3CNC(C)F)c2F)CC1)=C(/C)C(C)CC. The quantitative estimate of drug-likeness (QED) is 0.173. The number of ketones is 1. The van der Waals surface area contributed by atoms with Crippen LogP contribution in [0.3, 0.4) is 0 Å². The molecular weight excluding hydrogens is 508 g/mol. The van der Waals surface area contributed by atoms with E-state index in [0.717, 1.165) is 40.7 Å². The van der Waals surface area contributed by atoms with Gasteiger partial charge in [0.05, 0.1) is 0 Å². The average molecular weight is 546 g/mol. The lowest BCUT2D eigenvalue weighted by Gasteiger charge is -2.27. The van der Waals surface area contributed by atoms with Crippen molar-refractivity contribution in [2.24, 2.45) is 11.8 Å². The summed E-state index contributed by atoms with van der Waals surface area (Å²) in [6.07, 6.45) is 4.76. The standard InChI is InChI=1S/C29H38ClF2N5O/c1-8-15(3)17(5)24(26(38)16(4)9-2)22-11-10-20-12-34-28(25(32)23(20)18(22)6)36-27-21(13-33-19(7)31)14-35-29(30)37-27/h12,14-16,19,33H,8-11,13H2,1-7H3,(H,34,35,36,37)/b24-17-. The number of nitrogens with one attached hydrogen (secondary N) is 2. The number of halogens is 3. The van der Waals surface area contributed by atoms with Gasteiger partial charge >= 0.3 is 0 Å². The number of hydrogen-bond acceptors (Lipinski definition) is 6. The van der Waals surface area contributed by atoms with Gasteiger partial charge in [0.1, 0.15) is 12.1 Å². The molecule has 0 fully saturated rings. The number of allylic oxidation sites excluding steroid dienone is 4. The van der Waals surface area contributed by atoms with Crippen molar-refractivity contribution in [2.45, 2.75) is 87.0 Å². The minimum Gasteiger partial charge on any atom is -0.322 e. The topological polar surface area (TPSA) is 79.8 Å². The molecule has 2 N–H and O–H groups in total. The third kappa shape index (κ3) is 6.46. The Morgan fingerprint density at radius 2 is 1.76 bits per heavy atom. The summed E-state index contributed by atoms with van der Waals surface area (Å²) in [7, 11) is 0. The Labute approximate surface area is 229 Å². The lowest BCUT2D eigenvalue weighted by atomic mass is 9.77. The third-order valence-corrected chi connectivity index (χ3v) is 7.75. The van der Waals surface area contributed by atoms with Gasteiger partial charge in [0, 0.05) is 41.6 Å². The fourth-order valence-corrected chi connectivity index (χ4v) is 4.80. The van der Waals surface area contributed by atoms with Gasteiger partial charge in [0.2, 0.25) is 5.28 Å². The van der Waals surface area contributed by atoms with Crippen molar-refractivity contribution >= 4 is 34.6 Å². The predicted octanol–water partition coefficient (Wildman–Crippen LogP) is 7.51. The van der Waals surface area contributed by atoms with Crippen LogP contribution in [0.4, 0.5) is 20.4 Å². The minimum atomic E-state index is -1.25. The fourth-order valence-electron chi connectivity index (χ4n) is 4.67. The van der Waals surface area contributed by atoms with E-state index >= 15 is 4.39 Å². The molecule has 2 aromatic heterocycles. The maximum absolute atomic E-state index is 16.1. The number of Topliss-reactive ketones (excluding diaryl/α,β-unsaturated/α-hetero) is 1. The molecule has 3 unspecified atom stereocenters. The number of anilines is 2. The number of carbonyl (C=O) groups excluding carboxylic acids is 1. The van der Waals surface area contributed by atoms with Gasteiger partial charge in [-0.3, -0.25) is 10.1 Å². The lowest BCUT2D eigenvalue weighted by molar-refractivity contribution is -0.118. The van der Waals surface area contributed by atoms with Gasteiger partial charge in [0.15, 0.2) is 17.4 Å². The maximum Gasteiger partial charge on any atom is 0.224 e. The molecule has 0 bridgehead atoms. The van der Waals surface area contributed by atoms with E-state index < -0.39 is 12.1 Å². The smallest absolute Gasteiger partial charge is 0.224 e. The first-order chi connectivity index (χ1) is 18.0. The summed E-state index contributed by atoms with van der Waals surface area (Å²) in [5.41, 5.74) is 5.21. The summed E-state index contributed by atoms with van der Waals surface area (Å²) in [4.78, 5) is 26.1. The molecule has 0 radical (unpaired) electrons. The van der Waals surface area contributed by atoms with Crippen LogP contribution in [0.5, 0.6) is 0 Å². The van der Waals surface area contributed by atoms with Gasteiger partial charge in [-0.25, -0.2) is 23.7 Å². The largest absolute Gasteiger partial charge is 0.322 e. The molecule has 0 saturated carbocycles. The van der Waals surface area contributed by atoms with Gasteiger partial charge in [-0.2, -0.15) is 0 Å². The van der Waals surface area contributed by atoms with Crippen molar-refractivity contribution in [3.05, 3.63) is 56.9 Å². The highest BCUT2D eigenvalue weighted by molar-refractivity contribution is 6.28. The molecule has 0 aromatic carbocycles. The fraction of sp³-hybridized carbons (Fsp3) is 0.517. The molecule has 6 nitrogen and oxygen atoms in total. The van der Waals surface area contributed by atoms with Crippen LogP contribution >= 0.6 is 11.6 Å².